The van der Waals surface area contributed by atoms with Crippen LogP contribution in [0.3, 0.4) is 0 Å². The molecule has 110 valence electrons. The van der Waals surface area contributed by atoms with Crippen LogP contribution in [0.4, 0.5) is 0 Å². The van der Waals surface area contributed by atoms with Crippen LogP contribution in [0.15, 0.2) is 48.5 Å². The fourth-order valence-electron chi connectivity index (χ4n) is 2.85. The van der Waals surface area contributed by atoms with E-state index in [4.69, 9.17) is 9.47 Å². The van der Waals surface area contributed by atoms with E-state index < -0.39 is 6.10 Å². The topological polar surface area (TPSA) is 38.7 Å². The molecule has 1 N–H and O–H groups in total. The number of rotatable bonds is 3. The second-order valence-electron chi connectivity index (χ2n) is 5.51. The minimum absolute atomic E-state index is 0.0398. The summed E-state index contributed by atoms with van der Waals surface area (Å²) in [4.78, 5) is 0. The van der Waals surface area contributed by atoms with Gasteiger partial charge in [-0.2, -0.15) is 0 Å². The molecular formula is C18H20O3. The van der Waals surface area contributed by atoms with Gasteiger partial charge in [0.2, 0.25) is 0 Å². The zero-order valence-electron chi connectivity index (χ0n) is 12.3. The van der Waals surface area contributed by atoms with Crippen molar-refractivity contribution in [2.45, 2.75) is 31.5 Å². The molecule has 3 unspecified atom stereocenters. The van der Waals surface area contributed by atoms with Crippen LogP contribution in [-0.4, -0.2) is 18.3 Å². The molecule has 0 amide bonds. The van der Waals surface area contributed by atoms with Gasteiger partial charge in [0.15, 0.2) is 0 Å². The highest BCUT2D eigenvalue weighted by Gasteiger charge is 2.31. The van der Waals surface area contributed by atoms with E-state index in [0.29, 0.717) is 6.42 Å². The Balaban J connectivity index is 1.87. The van der Waals surface area contributed by atoms with E-state index in [1.807, 2.05) is 36.4 Å². The third kappa shape index (κ3) is 2.74. The molecule has 0 radical (unpaired) electrons. The molecule has 2 aromatic carbocycles. The van der Waals surface area contributed by atoms with Crippen LogP contribution >= 0.6 is 0 Å². The van der Waals surface area contributed by atoms with Gasteiger partial charge in [-0.3, -0.25) is 0 Å². The van der Waals surface area contributed by atoms with Crippen molar-refractivity contribution < 1.29 is 14.6 Å². The first-order valence-corrected chi connectivity index (χ1v) is 7.26. The highest BCUT2D eigenvalue weighted by atomic mass is 16.5. The Morgan fingerprint density at radius 3 is 2.67 bits per heavy atom. The van der Waals surface area contributed by atoms with E-state index in [0.717, 1.165) is 17.1 Å². The molecule has 1 aliphatic rings. The predicted molar refractivity (Wildman–Crippen MR) is 81.8 cm³/mol. The smallest absolute Gasteiger partial charge is 0.129 e. The SMILES string of the molecule is COc1ccc2c(c1)OC(C(C)c1ccccc1)CC2O. The number of hydrogen-bond acceptors (Lipinski definition) is 3. The van der Waals surface area contributed by atoms with Gasteiger partial charge in [-0.15, -0.1) is 0 Å². The minimum atomic E-state index is -0.490. The van der Waals surface area contributed by atoms with E-state index in [2.05, 4.69) is 19.1 Å². The number of aliphatic hydroxyl groups excluding tert-OH is 1. The third-order valence-electron chi connectivity index (χ3n) is 4.20. The minimum Gasteiger partial charge on any atom is -0.497 e. The zero-order valence-corrected chi connectivity index (χ0v) is 12.3. The van der Waals surface area contributed by atoms with Gasteiger partial charge in [0.25, 0.3) is 0 Å². The van der Waals surface area contributed by atoms with Crippen LogP contribution in [-0.2, 0) is 0 Å². The summed E-state index contributed by atoms with van der Waals surface area (Å²) in [5, 5.41) is 10.4. The lowest BCUT2D eigenvalue weighted by molar-refractivity contribution is 0.0544. The van der Waals surface area contributed by atoms with Crippen molar-refractivity contribution in [2.75, 3.05) is 7.11 Å². The van der Waals surface area contributed by atoms with Crippen molar-refractivity contribution in [1.82, 2.24) is 0 Å². The largest absolute Gasteiger partial charge is 0.497 e. The van der Waals surface area contributed by atoms with Crippen molar-refractivity contribution in [2.24, 2.45) is 0 Å². The first kappa shape index (κ1) is 14.0. The van der Waals surface area contributed by atoms with Gasteiger partial charge in [0.1, 0.15) is 17.6 Å². The van der Waals surface area contributed by atoms with Crippen molar-refractivity contribution in [3.63, 3.8) is 0 Å². The van der Waals surface area contributed by atoms with Gasteiger partial charge in [0.05, 0.1) is 13.2 Å². The van der Waals surface area contributed by atoms with Gasteiger partial charge >= 0.3 is 0 Å². The molecule has 2 aromatic rings. The first-order chi connectivity index (χ1) is 10.2. The molecule has 21 heavy (non-hydrogen) atoms. The van der Waals surface area contributed by atoms with Crippen molar-refractivity contribution in [1.29, 1.82) is 0 Å². The van der Waals surface area contributed by atoms with Gasteiger partial charge in [-0.25, -0.2) is 0 Å². The maximum absolute atomic E-state index is 10.4. The maximum atomic E-state index is 10.4. The summed E-state index contributed by atoms with van der Waals surface area (Å²) >= 11 is 0. The average Bonchev–Trinajstić information content (AvgIpc) is 2.54. The van der Waals surface area contributed by atoms with E-state index in [1.54, 1.807) is 7.11 Å². The monoisotopic (exact) mass is 284 g/mol. The number of aliphatic hydroxyl groups is 1. The first-order valence-electron chi connectivity index (χ1n) is 7.26. The molecule has 1 aliphatic heterocycles. The lowest BCUT2D eigenvalue weighted by Crippen LogP contribution is -2.30. The predicted octanol–water partition coefficient (Wildman–Crippen LogP) is 3.68. The Morgan fingerprint density at radius 1 is 1.19 bits per heavy atom. The summed E-state index contributed by atoms with van der Waals surface area (Å²) in [5.74, 6) is 1.69. The van der Waals surface area contributed by atoms with Crippen LogP contribution in [0.25, 0.3) is 0 Å². The van der Waals surface area contributed by atoms with Crippen molar-refractivity contribution in [3.05, 3.63) is 59.7 Å². The summed E-state index contributed by atoms with van der Waals surface area (Å²) in [5.41, 5.74) is 2.06. The molecule has 3 rings (SSSR count). The molecule has 0 aromatic heterocycles. The second-order valence-corrected chi connectivity index (χ2v) is 5.51. The second kappa shape index (κ2) is 5.78. The van der Waals surface area contributed by atoms with Crippen LogP contribution in [0, 0.1) is 0 Å². The summed E-state index contributed by atoms with van der Waals surface area (Å²) in [6, 6.07) is 15.8. The quantitative estimate of drug-likeness (QED) is 0.934. The van der Waals surface area contributed by atoms with E-state index >= 15 is 0 Å². The van der Waals surface area contributed by atoms with E-state index in [1.165, 1.54) is 5.56 Å². The number of ether oxygens (including phenoxy) is 2. The standard InChI is InChI=1S/C18H20O3/c1-12(13-6-4-3-5-7-13)17-11-16(19)15-9-8-14(20-2)10-18(15)21-17/h3-10,12,16-17,19H,11H2,1-2H3. The Kier molecular flexibility index (Phi) is 3.84. The van der Waals surface area contributed by atoms with Gasteiger partial charge in [0, 0.05) is 24.0 Å². The number of methoxy groups -OCH3 is 1. The lowest BCUT2D eigenvalue weighted by Gasteiger charge is -2.33. The van der Waals surface area contributed by atoms with Gasteiger partial charge in [-0.05, 0) is 17.7 Å². The number of hydrogen-bond donors (Lipinski definition) is 1. The average molecular weight is 284 g/mol. The fraction of sp³-hybridized carbons (Fsp3) is 0.333. The number of benzene rings is 2. The summed E-state index contributed by atoms with van der Waals surface area (Å²) in [6.07, 6.45) is 0.0767. The molecule has 0 bridgehead atoms. The van der Waals surface area contributed by atoms with Crippen LogP contribution in [0.5, 0.6) is 11.5 Å². The Hall–Kier alpha value is -2.00. The summed E-state index contributed by atoms with van der Waals surface area (Å²) < 4.78 is 11.4. The number of fused-ring (bicyclic) bond motifs is 1. The molecular weight excluding hydrogens is 264 g/mol. The molecule has 3 atom stereocenters. The Morgan fingerprint density at radius 2 is 1.95 bits per heavy atom. The molecule has 0 fully saturated rings. The molecule has 0 spiro atoms. The highest BCUT2D eigenvalue weighted by Crippen LogP contribution is 2.40. The summed E-state index contributed by atoms with van der Waals surface area (Å²) in [7, 11) is 1.63. The molecule has 3 heteroatoms. The maximum Gasteiger partial charge on any atom is 0.129 e. The normalized spacial score (nSPS) is 22.0. The summed E-state index contributed by atoms with van der Waals surface area (Å²) in [6.45, 7) is 2.14. The zero-order chi connectivity index (χ0) is 14.8. The third-order valence-corrected chi connectivity index (χ3v) is 4.20. The molecule has 0 saturated carbocycles. The molecule has 0 saturated heterocycles. The van der Waals surface area contributed by atoms with Crippen LogP contribution in [0.1, 0.15) is 36.5 Å². The molecule has 0 aliphatic carbocycles. The molecule has 3 nitrogen and oxygen atoms in total. The van der Waals surface area contributed by atoms with E-state index in [-0.39, 0.29) is 12.0 Å². The van der Waals surface area contributed by atoms with Crippen molar-refractivity contribution >= 4 is 0 Å². The Bertz CT molecular complexity index is 609. The Labute approximate surface area is 125 Å². The van der Waals surface area contributed by atoms with E-state index in [9.17, 15) is 5.11 Å². The fourth-order valence-corrected chi connectivity index (χ4v) is 2.85. The molecule has 1 heterocycles. The van der Waals surface area contributed by atoms with Crippen molar-refractivity contribution in [3.8, 4) is 11.5 Å². The van der Waals surface area contributed by atoms with Crippen LogP contribution in [0.2, 0.25) is 0 Å². The van der Waals surface area contributed by atoms with Gasteiger partial charge < -0.3 is 14.6 Å². The van der Waals surface area contributed by atoms with Crippen LogP contribution < -0.4 is 9.47 Å². The lowest BCUT2D eigenvalue weighted by atomic mass is 9.88. The van der Waals surface area contributed by atoms with Gasteiger partial charge in [-0.1, -0.05) is 37.3 Å². The highest BCUT2D eigenvalue weighted by molar-refractivity contribution is 5.43.